The molecule has 0 amide bonds. The topological polar surface area (TPSA) is 65.1 Å². The highest BCUT2D eigenvalue weighted by Gasteiger charge is 2.14. The zero-order valence-electron chi connectivity index (χ0n) is 10.5. The summed E-state index contributed by atoms with van der Waals surface area (Å²) < 4.78 is 30.5. The van der Waals surface area contributed by atoms with Gasteiger partial charge in [-0.05, 0) is 18.9 Å². The highest BCUT2D eigenvalue weighted by Crippen LogP contribution is 2.16. The minimum Gasteiger partial charge on any atom is -0.375 e. The number of halogens is 2. The molecule has 1 rings (SSSR count). The zero-order chi connectivity index (χ0) is 13.4. The maximum Gasteiger partial charge on any atom is 0.261 e. The van der Waals surface area contributed by atoms with Crippen LogP contribution in [0.1, 0.15) is 31.5 Å². The van der Waals surface area contributed by atoms with Crippen LogP contribution in [0.2, 0.25) is 0 Å². The minimum absolute atomic E-state index is 0.142. The number of alkyl halides is 2. The lowest BCUT2D eigenvalue weighted by Gasteiger charge is -2.17. The van der Waals surface area contributed by atoms with E-state index in [2.05, 4.69) is 17.4 Å². The summed E-state index contributed by atoms with van der Waals surface area (Å²) in [5.41, 5.74) is 3.61. The molecule has 5 nitrogen and oxygen atoms in total. The first-order chi connectivity index (χ1) is 8.69. The Morgan fingerprint density at radius 2 is 2.33 bits per heavy atom. The summed E-state index contributed by atoms with van der Waals surface area (Å²) in [4.78, 5) is 0. The molecule has 0 spiro atoms. The highest BCUT2D eigenvalue weighted by molar-refractivity contribution is 5.06. The van der Waals surface area contributed by atoms with Crippen molar-refractivity contribution in [3.05, 3.63) is 18.0 Å². The normalized spacial score (nSPS) is 13.2. The molecule has 1 atom stereocenters. The number of nitrogens with two attached hydrogens (primary N) is 1. The fraction of sp³-hybridized carbons (Fsp3) is 0.727. The molecular formula is C11H20F2N4O. The first-order valence-electron chi connectivity index (χ1n) is 6.02. The Morgan fingerprint density at radius 1 is 1.56 bits per heavy atom. The first-order valence-corrected chi connectivity index (χ1v) is 6.02. The van der Waals surface area contributed by atoms with Crippen molar-refractivity contribution >= 4 is 0 Å². The Labute approximate surface area is 105 Å². The number of rotatable bonds is 9. The average molecular weight is 262 g/mol. The molecule has 0 aliphatic rings. The summed E-state index contributed by atoms with van der Waals surface area (Å²) in [5, 5.41) is 4.19. The zero-order valence-corrected chi connectivity index (χ0v) is 10.5. The van der Waals surface area contributed by atoms with E-state index in [0.717, 1.165) is 18.7 Å². The summed E-state index contributed by atoms with van der Waals surface area (Å²) in [6.07, 6.45) is 0.766. The monoisotopic (exact) mass is 262 g/mol. The van der Waals surface area contributed by atoms with E-state index in [4.69, 9.17) is 10.6 Å². The van der Waals surface area contributed by atoms with Crippen molar-refractivity contribution in [2.75, 3.05) is 13.2 Å². The number of ether oxygens (including phenoxy) is 1. The van der Waals surface area contributed by atoms with Crippen LogP contribution in [0.15, 0.2) is 12.3 Å². The van der Waals surface area contributed by atoms with Gasteiger partial charge in [0.25, 0.3) is 6.43 Å². The highest BCUT2D eigenvalue weighted by atomic mass is 19.3. The van der Waals surface area contributed by atoms with Crippen molar-refractivity contribution in [3.8, 4) is 0 Å². The van der Waals surface area contributed by atoms with Gasteiger partial charge in [0.2, 0.25) is 0 Å². The van der Waals surface area contributed by atoms with Gasteiger partial charge in [0, 0.05) is 19.3 Å². The van der Waals surface area contributed by atoms with Crippen LogP contribution >= 0.6 is 0 Å². The third-order valence-corrected chi connectivity index (χ3v) is 2.54. The lowest BCUT2D eigenvalue weighted by atomic mass is 10.1. The third-order valence-electron chi connectivity index (χ3n) is 2.54. The van der Waals surface area contributed by atoms with Crippen LogP contribution in [0.4, 0.5) is 8.78 Å². The average Bonchev–Trinajstić information content (AvgIpc) is 2.78. The van der Waals surface area contributed by atoms with Crippen LogP contribution in [0.3, 0.4) is 0 Å². The molecule has 0 aliphatic heterocycles. The Kier molecular flexibility index (Phi) is 6.77. The van der Waals surface area contributed by atoms with Crippen LogP contribution in [-0.4, -0.2) is 29.4 Å². The molecule has 0 saturated carbocycles. The largest absolute Gasteiger partial charge is 0.375 e. The molecule has 1 aromatic rings. The number of aromatic nitrogens is 2. The molecule has 0 fully saturated rings. The molecule has 0 radical (unpaired) electrons. The number of nitrogens with one attached hydrogen (secondary N) is 1. The molecule has 0 aliphatic carbocycles. The van der Waals surface area contributed by atoms with Gasteiger partial charge in [0.15, 0.2) is 0 Å². The molecule has 0 bridgehead atoms. The van der Waals surface area contributed by atoms with E-state index in [1.807, 2.05) is 10.7 Å². The molecule has 7 heteroatoms. The first kappa shape index (κ1) is 15.0. The summed E-state index contributed by atoms with van der Waals surface area (Å²) in [6, 6.07) is 1.73. The van der Waals surface area contributed by atoms with E-state index in [0.29, 0.717) is 6.42 Å². The van der Waals surface area contributed by atoms with Gasteiger partial charge < -0.3 is 4.74 Å². The molecule has 1 aromatic heterocycles. The van der Waals surface area contributed by atoms with E-state index < -0.39 is 13.0 Å². The number of hydrogen-bond acceptors (Lipinski definition) is 4. The van der Waals surface area contributed by atoms with E-state index in [-0.39, 0.29) is 12.6 Å². The van der Waals surface area contributed by atoms with Gasteiger partial charge in [-0.25, -0.2) is 8.78 Å². The summed E-state index contributed by atoms with van der Waals surface area (Å²) in [5.74, 6) is 5.48. The Balaban J connectivity index is 2.46. The second kappa shape index (κ2) is 8.12. The fourth-order valence-corrected chi connectivity index (χ4v) is 1.73. The predicted molar refractivity (Wildman–Crippen MR) is 64.0 cm³/mol. The summed E-state index contributed by atoms with van der Waals surface area (Å²) in [6.45, 7) is 2.56. The maximum absolute atomic E-state index is 11.9. The van der Waals surface area contributed by atoms with Crippen molar-refractivity contribution in [3.63, 3.8) is 0 Å². The molecule has 3 N–H and O–H groups in total. The van der Waals surface area contributed by atoms with E-state index in [1.165, 1.54) is 0 Å². The predicted octanol–water partition coefficient (Wildman–Crippen LogP) is 1.47. The van der Waals surface area contributed by atoms with Crippen LogP contribution in [0, 0.1) is 0 Å². The van der Waals surface area contributed by atoms with Crippen LogP contribution < -0.4 is 11.3 Å². The van der Waals surface area contributed by atoms with Crippen molar-refractivity contribution in [2.45, 2.75) is 38.8 Å². The van der Waals surface area contributed by atoms with Gasteiger partial charge >= 0.3 is 0 Å². The lowest BCUT2D eigenvalue weighted by Crippen LogP contribution is -2.31. The summed E-state index contributed by atoms with van der Waals surface area (Å²) in [7, 11) is 0. The Hall–Kier alpha value is -1.05. The van der Waals surface area contributed by atoms with Crippen molar-refractivity contribution in [1.82, 2.24) is 15.2 Å². The van der Waals surface area contributed by atoms with E-state index in [1.54, 1.807) is 6.20 Å². The van der Waals surface area contributed by atoms with Gasteiger partial charge in [0.1, 0.15) is 6.61 Å². The smallest absolute Gasteiger partial charge is 0.261 e. The Bertz CT molecular complexity index is 333. The van der Waals surface area contributed by atoms with Gasteiger partial charge in [-0.15, -0.1) is 0 Å². The van der Waals surface area contributed by atoms with Gasteiger partial charge in [0.05, 0.1) is 11.7 Å². The SMILES string of the molecule is CCCn1nccc1C(CCOCC(F)F)NN. The number of hydrazine groups is 1. The van der Waals surface area contributed by atoms with Crippen molar-refractivity contribution in [2.24, 2.45) is 5.84 Å². The molecule has 18 heavy (non-hydrogen) atoms. The molecule has 0 saturated heterocycles. The van der Waals surface area contributed by atoms with Crippen LogP contribution in [-0.2, 0) is 11.3 Å². The standard InChI is InChI=1S/C11H20F2N4O/c1-2-6-17-10(3-5-15-17)9(16-14)4-7-18-8-11(12)13/h3,5,9,11,16H,2,4,6-8,14H2,1H3. The van der Waals surface area contributed by atoms with Gasteiger partial charge in [-0.3, -0.25) is 16.0 Å². The lowest BCUT2D eigenvalue weighted by molar-refractivity contribution is 0.0141. The van der Waals surface area contributed by atoms with E-state index in [9.17, 15) is 8.78 Å². The summed E-state index contributed by atoms with van der Waals surface area (Å²) >= 11 is 0. The third kappa shape index (κ3) is 4.67. The number of nitrogens with zero attached hydrogens (tertiary/aromatic N) is 2. The molecule has 0 aromatic carbocycles. The van der Waals surface area contributed by atoms with Crippen LogP contribution in [0.25, 0.3) is 0 Å². The second-order valence-electron chi connectivity index (χ2n) is 3.95. The van der Waals surface area contributed by atoms with Crippen molar-refractivity contribution in [1.29, 1.82) is 0 Å². The Morgan fingerprint density at radius 3 is 2.94 bits per heavy atom. The number of hydrogen-bond donors (Lipinski definition) is 2. The second-order valence-corrected chi connectivity index (χ2v) is 3.95. The molecular weight excluding hydrogens is 242 g/mol. The molecule has 104 valence electrons. The maximum atomic E-state index is 11.9. The van der Waals surface area contributed by atoms with Gasteiger partial charge in [-0.1, -0.05) is 6.92 Å². The quantitative estimate of drug-likeness (QED) is 0.402. The number of aryl methyl sites for hydroxylation is 1. The van der Waals surface area contributed by atoms with E-state index >= 15 is 0 Å². The van der Waals surface area contributed by atoms with Crippen LogP contribution in [0.5, 0.6) is 0 Å². The van der Waals surface area contributed by atoms with Crippen molar-refractivity contribution < 1.29 is 13.5 Å². The van der Waals surface area contributed by atoms with Gasteiger partial charge in [-0.2, -0.15) is 5.10 Å². The molecule has 1 unspecified atom stereocenters. The molecule has 1 heterocycles. The fourth-order valence-electron chi connectivity index (χ4n) is 1.73. The minimum atomic E-state index is -2.43.